The van der Waals surface area contributed by atoms with E-state index in [0.717, 1.165) is 25.7 Å². The number of esters is 2. The third-order valence-corrected chi connectivity index (χ3v) is 7.09. The molecular formula is C24H28Cl6N8O4. The fourth-order valence-electron chi connectivity index (χ4n) is 3.45. The predicted molar refractivity (Wildman–Crippen MR) is 159 cm³/mol. The van der Waals surface area contributed by atoms with Gasteiger partial charge in [-0.3, -0.25) is 9.59 Å². The molecule has 2 saturated carbocycles. The van der Waals surface area contributed by atoms with Gasteiger partial charge in [0.15, 0.2) is 34.5 Å². The Morgan fingerprint density at radius 3 is 1.21 bits per heavy atom. The van der Waals surface area contributed by atoms with Gasteiger partial charge in [0, 0.05) is 13.1 Å². The van der Waals surface area contributed by atoms with E-state index in [2.05, 4.69) is 40.5 Å². The van der Waals surface area contributed by atoms with Gasteiger partial charge in [0.25, 0.3) is 0 Å². The molecule has 2 fully saturated rings. The molecule has 2 heterocycles. The molecule has 0 bridgehead atoms. The van der Waals surface area contributed by atoms with Crippen molar-refractivity contribution < 1.29 is 19.1 Å². The number of ether oxygens (including phenoxy) is 2. The van der Waals surface area contributed by atoms with E-state index in [-0.39, 0.29) is 72.1 Å². The van der Waals surface area contributed by atoms with Crippen LogP contribution in [-0.4, -0.2) is 54.9 Å². The van der Waals surface area contributed by atoms with Crippen LogP contribution in [0.2, 0.25) is 0 Å². The lowest BCUT2D eigenvalue weighted by molar-refractivity contribution is -0.160. The van der Waals surface area contributed by atoms with Gasteiger partial charge in [-0.25, -0.2) is 9.97 Å². The number of alkyl halides is 6. The molecule has 0 amide bonds. The summed E-state index contributed by atoms with van der Waals surface area (Å²) in [4.78, 5) is 50.2. The Kier molecular flexibility index (Phi) is 9.77. The van der Waals surface area contributed by atoms with Crippen LogP contribution in [0.1, 0.15) is 76.7 Å². The highest BCUT2D eigenvalue weighted by atomic mass is 35.6. The first-order valence-electron chi connectivity index (χ1n) is 13.0. The van der Waals surface area contributed by atoms with Crippen molar-refractivity contribution in [2.24, 2.45) is 11.8 Å². The highest BCUT2D eigenvalue weighted by Gasteiger charge is 2.40. The van der Waals surface area contributed by atoms with E-state index in [1.54, 1.807) is 27.7 Å². The number of rotatable bonds is 11. The van der Waals surface area contributed by atoms with E-state index in [1.807, 2.05) is 0 Å². The van der Waals surface area contributed by atoms with Gasteiger partial charge < -0.3 is 20.1 Å². The Morgan fingerprint density at radius 2 is 0.929 bits per heavy atom. The van der Waals surface area contributed by atoms with E-state index >= 15 is 0 Å². The molecule has 42 heavy (non-hydrogen) atoms. The molecule has 230 valence electrons. The molecule has 0 spiro atoms. The molecule has 18 heteroatoms. The zero-order valence-corrected chi connectivity index (χ0v) is 27.5. The maximum atomic E-state index is 12.3. The van der Waals surface area contributed by atoms with Gasteiger partial charge in [0.2, 0.25) is 19.5 Å². The summed E-state index contributed by atoms with van der Waals surface area (Å²) < 4.78 is 7.32. The summed E-state index contributed by atoms with van der Waals surface area (Å²) in [7, 11) is 0. The van der Waals surface area contributed by atoms with Crippen molar-refractivity contribution >= 4 is 93.4 Å². The van der Waals surface area contributed by atoms with Crippen molar-refractivity contribution in [1.29, 1.82) is 0 Å². The standard InChI is InChI=1S/C24H28Cl6N8O4/c1-21(2,41-13(39)11-5-6-11)15-33-17(23(25,26)27)37-19(35-15)31-9-10-32-20-36-16(34-18(38-20)24(28,29)30)22(3,4)42-14(40)12-7-8-12/h11-12H,5-10H2,1-4H3,(H,31,33,35,37)(H,32,34,36,38). The Morgan fingerprint density at radius 1 is 0.619 bits per heavy atom. The lowest BCUT2D eigenvalue weighted by Gasteiger charge is -2.25. The van der Waals surface area contributed by atoms with Crippen LogP contribution in [0.25, 0.3) is 0 Å². The van der Waals surface area contributed by atoms with Crippen LogP contribution in [0.3, 0.4) is 0 Å². The summed E-state index contributed by atoms with van der Waals surface area (Å²) in [6.07, 6.45) is 3.11. The first-order valence-corrected chi connectivity index (χ1v) is 15.2. The lowest BCUT2D eigenvalue weighted by Crippen LogP contribution is -2.31. The van der Waals surface area contributed by atoms with Crippen molar-refractivity contribution in [3.05, 3.63) is 23.3 Å². The minimum absolute atomic E-state index is 0.0742. The Labute approximate surface area is 272 Å². The summed E-state index contributed by atoms with van der Waals surface area (Å²) in [6, 6.07) is 0. The topological polar surface area (TPSA) is 154 Å². The molecule has 0 radical (unpaired) electrons. The molecule has 2 aromatic heterocycles. The molecule has 0 saturated heterocycles. The number of anilines is 2. The average molecular weight is 705 g/mol. The Bertz CT molecular complexity index is 1240. The molecule has 2 aliphatic carbocycles. The van der Waals surface area contributed by atoms with Crippen LogP contribution < -0.4 is 10.6 Å². The third kappa shape index (κ3) is 8.92. The molecule has 0 aliphatic heterocycles. The second-order valence-corrected chi connectivity index (χ2v) is 15.4. The molecule has 4 rings (SSSR count). The summed E-state index contributed by atoms with van der Waals surface area (Å²) in [5.74, 6) is -0.900. The van der Waals surface area contributed by atoms with Crippen molar-refractivity contribution in [3.8, 4) is 0 Å². The number of halogens is 6. The van der Waals surface area contributed by atoms with Gasteiger partial charge in [0.05, 0.1) is 11.8 Å². The molecule has 0 atom stereocenters. The zero-order valence-electron chi connectivity index (χ0n) is 23.0. The minimum atomic E-state index is -1.96. The summed E-state index contributed by atoms with van der Waals surface area (Å²) in [6.45, 7) is 6.99. The van der Waals surface area contributed by atoms with Gasteiger partial charge in [-0.15, -0.1) is 0 Å². The fraction of sp³-hybridized carbons (Fsp3) is 0.667. The van der Waals surface area contributed by atoms with E-state index in [1.165, 1.54) is 0 Å². The van der Waals surface area contributed by atoms with Crippen LogP contribution in [-0.2, 0) is 37.8 Å². The lowest BCUT2D eigenvalue weighted by atomic mass is 10.1. The van der Waals surface area contributed by atoms with Gasteiger partial charge in [-0.1, -0.05) is 69.6 Å². The van der Waals surface area contributed by atoms with E-state index < -0.39 is 18.8 Å². The Balaban J connectivity index is 1.48. The van der Waals surface area contributed by atoms with E-state index in [0.29, 0.717) is 0 Å². The molecule has 12 nitrogen and oxygen atoms in total. The number of carbonyl (C=O) groups is 2. The van der Waals surface area contributed by atoms with Gasteiger partial charge in [0.1, 0.15) is 0 Å². The molecule has 2 aromatic rings. The predicted octanol–water partition coefficient (Wildman–Crippen LogP) is 5.61. The number of hydrogen-bond donors (Lipinski definition) is 2. The Hall–Kier alpha value is -1.70. The molecule has 0 aromatic carbocycles. The SMILES string of the molecule is CC(C)(OC(=O)C1CC1)c1nc(NCCNc2nc(C(Cl)(Cl)Cl)nc(C(C)(C)OC(=O)C3CC3)n2)nc(C(Cl)(Cl)Cl)n1. The maximum absolute atomic E-state index is 12.3. The number of carbonyl (C=O) groups excluding carboxylic acids is 2. The number of nitrogens with one attached hydrogen (secondary N) is 2. The average Bonchev–Trinajstić information content (AvgIpc) is 3.77. The first-order chi connectivity index (χ1) is 19.3. The van der Waals surface area contributed by atoms with Gasteiger partial charge in [-0.2, -0.15) is 19.9 Å². The van der Waals surface area contributed by atoms with Gasteiger partial charge >= 0.3 is 11.9 Å². The van der Waals surface area contributed by atoms with Crippen molar-refractivity contribution in [2.75, 3.05) is 23.7 Å². The quantitative estimate of drug-likeness (QED) is 0.170. The molecular weight excluding hydrogens is 677 g/mol. The summed E-state index contributed by atoms with van der Waals surface area (Å²) in [5.41, 5.74) is -2.43. The van der Waals surface area contributed by atoms with Crippen molar-refractivity contribution in [3.63, 3.8) is 0 Å². The normalized spacial score (nSPS) is 16.1. The molecule has 2 N–H and O–H groups in total. The van der Waals surface area contributed by atoms with Crippen LogP contribution >= 0.6 is 69.6 Å². The highest BCUT2D eigenvalue weighted by molar-refractivity contribution is 6.67. The first kappa shape index (κ1) is 33.2. The largest absolute Gasteiger partial charge is 0.451 e. The number of aromatic nitrogens is 6. The van der Waals surface area contributed by atoms with Crippen LogP contribution in [0, 0.1) is 11.8 Å². The van der Waals surface area contributed by atoms with E-state index in [9.17, 15) is 9.59 Å². The van der Waals surface area contributed by atoms with E-state index in [4.69, 9.17) is 79.1 Å². The van der Waals surface area contributed by atoms with Crippen LogP contribution in [0.5, 0.6) is 0 Å². The van der Waals surface area contributed by atoms with Crippen LogP contribution in [0.4, 0.5) is 11.9 Å². The molecule has 2 aliphatic rings. The van der Waals surface area contributed by atoms with Crippen molar-refractivity contribution in [2.45, 2.75) is 72.2 Å². The maximum Gasteiger partial charge on any atom is 0.309 e. The van der Waals surface area contributed by atoms with Crippen LogP contribution in [0.15, 0.2) is 0 Å². The number of nitrogens with zero attached hydrogens (tertiary/aromatic N) is 6. The summed E-state index contributed by atoms with van der Waals surface area (Å²) >= 11 is 36.4. The highest BCUT2D eigenvalue weighted by Crippen LogP contribution is 2.39. The minimum Gasteiger partial charge on any atom is -0.451 e. The fourth-order valence-corrected chi connectivity index (χ4v) is 3.96. The second-order valence-electron chi connectivity index (χ2n) is 10.9. The second kappa shape index (κ2) is 12.4. The third-order valence-electron chi connectivity index (χ3n) is 6.08. The summed E-state index contributed by atoms with van der Waals surface area (Å²) in [5, 5.41) is 6.01. The zero-order chi connectivity index (χ0) is 31.1. The monoisotopic (exact) mass is 702 g/mol. The van der Waals surface area contributed by atoms with Crippen molar-refractivity contribution in [1.82, 2.24) is 29.9 Å². The van der Waals surface area contributed by atoms with Gasteiger partial charge in [-0.05, 0) is 53.4 Å². The number of hydrogen-bond acceptors (Lipinski definition) is 12. The molecule has 0 unspecified atom stereocenters. The smallest absolute Gasteiger partial charge is 0.309 e.